The SMILES string of the molecule is COc1ccc(CC(C)NCC(O)CC(C)(C)C)cc1. The monoisotopic (exact) mass is 279 g/mol. The lowest BCUT2D eigenvalue weighted by Crippen LogP contribution is -2.36. The number of hydrogen-bond acceptors (Lipinski definition) is 3. The summed E-state index contributed by atoms with van der Waals surface area (Å²) < 4.78 is 5.15. The van der Waals surface area contributed by atoms with E-state index in [1.807, 2.05) is 12.1 Å². The summed E-state index contributed by atoms with van der Waals surface area (Å²) in [5.74, 6) is 0.884. The molecule has 0 bridgehead atoms. The third kappa shape index (κ3) is 6.92. The highest BCUT2D eigenvalue weighted by Crippen LogP contribution is 2.20. The fourth-order valence-corrected chi connectivity index (χ4v) is 2.30. The van der Waals surface area contributed by atoms with Gasteiger partial charge >= 0.3 is 0 Å². The van der Waals surface area contributed by atoms with E-state index in [1.54, 1.807) is 7.11 Å². The van der Waals surface area contributed by atoms with Crippen LogP contribution in [0.15, 0.2) is 24.3 Å². The molecule has 0 heterocycles. The van der Waals surface area contributed by atoms with Crippen molar-refractivity contribution in [1.29, 1.82) is 0 Å². The molecule has 0 aliphatic rings. The van der Waals surface area contributed by atoms with Crippen LogP contribution in [0.25, 0.3) is 0 Å². The molecule has 0 aliphatic heterocycles. The van der Waals surface area contributed by atoms with E-state index >= 15 is 0 Å². The first kappa shape index (κ1) is 17.0. The Morgan fingerprint density at radius 2 is 1.80 bits per heavy atom. The molecule has 0 radical (unpaired) electrons. The molecule has 0 amide bonds. The largest absolute Gasteiger partial charge is 0.497 e. The maximum absolute atomic E-state index is 9.99. The Morgan fingerprint density at radius 3 is 2.30 bits per heavy atom. The maximum Gasteiger partial charge on any atom is 0.118 e. The van der Waals surface area contributed by atoms with Crippen LogP contribution >= 0.6 is 0 Å². The second kappa shape index (κ2) is 7.65. The maximum atomic E-state index is 9.99. The van der Waals surface area contributed by atoms with Gasteiger partial charge in [-0.3, -0.25) is 0 Å². The van der Waals surface area contributed by atoms with Gasteiger partial charge in [0, 0.05) is 12.6 Å². The van der Waals surface area contributed by atoms with Crippen molar-refractivity contribution in [3.8, 4) is 5.75 Å². The molecule has 0 saturated heterocycles. The van der Waals surface area contributed by atoms with E-state index in [0.29, 0.717) is 12.6 Å². The molecular formula is C17H29NO2. The number of aliphatic hydroxyl groups excluding tert-OH is 1. The molecule has 2 N–H and O–H groups in total. The molecule has 2 atom stereocenters. The van der Waals surface area contributed by atoms with Gasteiger partial charge in [0.05, 0.1) is 13.2 Å². The van der Waals surface area contributed by atoms with Crippen LogP contribution in [0.4, 0.5) is 0 Å². The zero-order valence-electron chi connectivity index (χ0n) is 13.4. The summed E-state index contributed by atoms with van der Waals surface area (Å²) in [5, 5.41) is 13.4. The quantitative estimate of drug-likeness (QED) is 0.806. The number of ether oxygens (including phenoxy) is 1. The van der Waals surface area contributed by atoms with Crippen LogP contribution in [0.3, 0.4) is 0 Å². The second-order valence-corrected chi connectivity index (χ2v) is 6.78. The summed E-state index contributed by atoms with van der Waals surface area (Å²) in [4.78, 5) is 0. The summed E-state index contributed by atoms with van der Waals surface area (Å²) in [7, 11) is 1.68. The van der Waals surface area contributed by atoms with Crippen molar-refractivity contribution in [3.05, 3.63) is 29.8 Å². The van der Waals surface area contributed by atoms with Gasteiger partial charge in [-0.1, -0.05) is 32.9 Å². The Hall–Kier alpha value is -1.06. The summed E-state index contributed by atoms with van der Waals surface area (Å²) in [6.45, 7) is 9.24. The smallest absolute Gasteiger partial charge is 0.118 e. The zero-order chi connectivity index (χ0) is 15.2. The first-order chi connectivity index (χ1) is 9.30. The Balaban J connectivity index is 2.34. The lowest BCUT2D eigenvalue weighted by molar-refractivity contribution is 0.117. The summed E-state index contributed by atoms with van der Waals surface area (Å²) in [6.07, 6.45) is 1.48. The molecule has 0 spiro atoms. The molecule has 114 valence electrons. The van der Waals surface area contributed by atoms with Crippen LogP contribution in [0.1, 0.15) is 39.7 Å². The van der Waals surface area contributed by atoms with Crippen LogP contribution in [-0.4, -0.2) is 30.9 Å². The summed E-state index contributed by atoms with van der Waals surface area (Å²) in [5.41, 5.74) is 1.44. The van der Waals surface area contributed by atoms with Crippen LogP contribution < -0.4 is 10.1 Å². The Kier molecular flexibility index (Phi) is 6.50. The lowest BCUT2D eigenvalue weighted by Gasteiger charge is -2.24. The Labute approximate surface area is 123 Å². The van der Waals surface area contributed by atoms with E-state index in [0.717, 1.165) is 18.6 Å². The Morgan fingerprint density at radius 1 is 1.20 bits per heavy atom. The highest BCUT2D eigenvalue weighted by Gasteiger charge is 2.17. The van der Waals surface area contributed by atoms with Gasteiger partial charge in [0.25, 0.3) is 0 Å². The summed E-state index contributed by atoms with van der Waals surface area (Å²) in [6, 6.07) is 8.48. The fourth-order valence-electron chi connectivity index (χ4n) is 2.30. The number of aliphatic hydroxyl groups is 1. The van der Waals surface area contributed by atoms with Crippen LogP contribution in [0, 0.1) is 5.41 Å². The third-order valence-electron chi connectivity index (χ3n) is 3.25. The van der Waals surface area contributed by atoms with E-state index in [4.69, 9.17) is 4.74 Å². The van der Waals surface area contributed by atoms with Gasteiger partial charge in [0.15, 0.2) is 0 Å². The first-order valence-corrected chi connectivity index (χ1v) is 7.34. The van der Waals surface area contributed by atoms with Crippen molar-refractivity contribution >= 4 is 0 Å². The Bertz CT molecular complexity index is 381. The van der Waals surface area contributed by atoms with Crippen molar-refractivity contribution in [3.63, 3.8) is 0 Å². The highest BCUT2D eigenvalue weighted by atomic mass is 16.5. The van der Waals surface area contributed by atoms with Crippen molar-refractivity contribution in [2.75, 3.05) is 13.7 Å². The molecule has 0 aromatic heterocycles. The summed E-state index contributed by atoms with van der Waals surface area (Å²) >= 11 is 0. The average Bonchev–Trinajstić information content (AvgIpc) is 2.35. The minimum Gasteiger partial charge on any atom is -0.497 e. The van der Waals surface area contributed by atoms with E-state index in [1.165, 1.54) is 5.56 Å². The molecule has 3 nitrogen and oxygen atoms in total. The fraction of sp³-hybridized carbons (Fsp3) is 0.647. The first-order valence-electron chi connectivity index (χ1n) is 7.34. The van der Waals surface area contributed by atoms with Crippen molar-refractivity contribution in [2.24, 2.45) is 5.41 Å². The van der Waals surface area contributed by atoms with Gasteiger partial charge in [0.2, 0.25) is 0 Å². The third-order valence-corrected chi connectivity index (χ3v) is 3.25. The molecule has 0 fully saturated rings. The van der Waals surface area contributed by atoms with Gasteiger partial charge in [-0.15, -0.1) is 0 Å². The molecule has 1 rings (SSSR count). The van der Waals surface area contributed by atoms with E-state index in [-0.39, 0.29) is 11.5 Å². The van der Waals surface area contributed by atoms with E-state index < -0.39 is 0 Å². The van der Waals surface area contributed by atoms with Gasteiger partial charge in [-0.25, -0.2) is 0 Å². The van der Waals surface area contributed by atoms with E-state index in [2.05, 4.69) is 45.1 Å². The molecule has 2 unspecified atom stereocenters. The normalized spacial score (nSPS) is 14.9. The number of benzene rings is 1. The van der Waals surface area contributed by atoms with Crippen LogP contribution in [0.2, 0.25) is 0 Å². The molecule has 1 aromatic carbocycles. The predicted molar refractivity (Wildman–Crippen MR) is 84.2 cm³/mol. The predicted octanol–water partition coefficient (Wildman–Crippen LogP) is 3.01. The van der Waals surface area contributed by atoms with Crippen molar-refractivity contribution in [2.45, 2.75) is 52.7 Å². The van der Waals surface area contributed by atoms with Gasteiger partial charge in [-0.05, 0) is 42.9 Å². The topological polar surface area (TPSA) is 41.5 Å². The molecule has 0 saturated carbocycles. The standard InChI is InChI=1S/C17H29NO2/c1-13(18-12-15(19)11-17(2,3)4)10-14-6-8-16(20-5)9-7-14/h6-9,13,15,18-19H,10-12H2,1-5H3. The van der Waals surface area contributed by atoms with Crippen molar-refractivity contribution in [1.82, 2.24) is 5.32 Å². The molecule has 20 heavy (non-hydrogen) atoms. The van der Waals surface area contributed by atoms with E-state index in [9.17, 15) is 5.11 Å². The highest BCUT2D eigenvalue weighted by molar-refractivity contribution is 5.27. The van der Waals surface area contributed by atoms with Gasteiger partial charge in [0.1, 0.15) is 5.75 Å². The minimum absolute atomic E-state index is 0.167. The van der Waals surface area contributed by atoms with Crippen LogP contribution in [-0.2, 0) is 6.42 Å². The van der Waals surface area contributed by atoms with Gasteiger partial charge < -0.3 is 15.2 Å². The van der Waals surface area contributed by atoms with Gasteiger partial charge in [-0.2, -0.15) is 0 Å². The van der Waals surface area contributed by atoms with Crippen molar-refractivity contribution < 1.29 is 9.84 Å². The molecule has 1 aromatic rings. The number of methoxy groups -OCH3 is 1. The molecular weight excluding hydrogens is 250 g/mol. The number of rotatable bonds is 7. The molecule has 3 heteroatoms. The second-order valence-electron chi connectivity index (χ2n) is 6.78. The molecule has 0 aliphatic carbocycles. The number of hydrogen-bond donors (Lipinski definition) is 2. The lowest BCUT2D eigenvalue weighted by atomic mass is 9.89. The average molecular weight is 279 g/mol. The zero-order valence-corrected chi connectivity index (χ0v) is 13.4. The number of nitrogens with one attached hydrogen (secondary N) is 1. The van der Waals surface area contributed by atoms with Crippen LogP contribution in [0.5, 0.6) is 5.75 Å². The minimum atomic E-state index is -0.284.